The number of para-hydroxylation sites is 1. The fourth-order valence-electron chi connectivity index (χ4n) is 2.87. The van der Waals surface area contributed by atoms with Crippen LogP contribution in [-0.2, 0) is 11.3 Å². The average molecular weight is 401 g/mol. The van der Waals surface area contributed by atoms with E-state index in [0.717, 1.165) is 22.6 Å². The molecule has 1 aliphatic heterocycles. The second-order valence-electron chi connectivity index (χ2n) is 6.37. The summed E-state index contributed by atoms with van der Waals surface area (Å²) < 4.78 is 5.20. The Morgan fingerprint density at radius 2 is 1.86 bits per heavy atom. The van der Waals surface area contributed by atoms with Gasteiger partial charge in [-0.15, -0.1) is 0 Å². The molecule has 0 aliphatic carbocycles. The van der Waals surface area contributed by atoms with Crippen molar-refractivity contribution in [3.63, 3.8) is 0 Å². The Hall–Kier alpha value is -3.38. The van der Waals surface area contributed by atoms with Gasteiger partial charge in [-0.3, -0.25) is 14.7 Å². The minimum absolute atomic E-state index is 0.0654. The van der Waals surface area contributed by atoms with Crippen LogP contribution in [0.3, 0.4) is 0 Å². The molecule has 144 valence electrons. The number of hydrogen-bond acceptors (Lipinski definition) is 5. The number of pyridine rings is 1. The van der Waals surface area contributed by atoms with Gasteiger partial charge in [0.1, 0.15) is 5.75 Å². The molecule has 1 aliphatic rings. The molecule has 4 rings (SSSR count). The zero-order valence-corrected chi connectivity index (χ0v) is 16.7. The molecule has 0 N–H and O–H groups in total. The smallest absolute Gasteiger partial charge is 0.267 e. The number of rotatable bonds is 5. The molecule has 0 saturated carbocycles. The first-order valence-corrected chi connectivity index (χ1v) is 9.93. The lowest BCUT2D eigenvalue weighted by Crippen LogP contribution is -2.28. The lowest BCUT2D eigenvalue weighted by Gasteiger charge is -2.15. The molecule has 0 bridgehead atoms. The Labute approximate surface area is 173 Å². The first kappa shape index (κ1) is 19.0. The van der Waals surface area contributed by atoms with Crippen molar-refractivity contribution in [3.8, 4) is 5.75 Å². The summed E-state index contributed by atoms with van der Waals surface area (Å²) in [5.41, 5.74) is 2.70. The molecule has 2 aromatic carbocycles. The molecule has 1 aromatic heterocycles. The number of hydrogen-bond donors (Lipinski definition) is 0. The molecule has 0 unspecified atom stereocenters. The zero-order valence-electron chi connectivity index (χ0n) is 15.9. The van der Waals surface area contributed by atoms with Crippen LogP contribution in [0.4, 0.5) is 5.69 Å². The predicted molar refractivity (Wildman–Crippen MR) is 117 cm³/mol. The highest BCUT2D eigenvalue weighted by Gasteiger charge is 2.33. The van der Waals surface area contributed by atoms with Gasteiger partial charge in [0.05, 0.1) is 24.2 Å². The van der Waals surface area contributed by atoms with Crippen molar-refractivity contribution in [1.82, 2.24) is 9.88 Å². The molecule has 6 heteroatoms. The standard InChI is InChI=1S/C23H19N3O2S/c1-28-20-11-9-17(10-12-20)14-21-22(27)26(16-18-6-5-13-24-15-18)23(29-21)25-19-7-3-2-4-8-19/h2-15H,16H2,1H3. The first-order valence-electron chi connectivity index (χ1n) is 9.11. The molecule has 2 heterocycles. The van der Waals surface area contributed by atoms with Crippen molar-refractivity contribution in [2.45, 2.75) is 6.54 Å². The molecular weight excluding hydrogens is 382 g/mol. The van der Waals surface area contributed by atoms with Crippen LogP contribution in [0.2, 0.25) is 0 Å². The molecular formula is C23H19N3O2S. The molecule has 0 spiro atoms. The van der Waals surface area contributed by atoms with Crippen molar-refractivity contribution >= 4 is 34.6 Å². The normalized spacial score (nSPS) is 16.6. The summed E-state index contributed by atoms with van der Waals surface area (Å²) in [6, 6.07) is 21.1. The number of amidine groups is 1. The van der Waals surface area contributed by atoms with E-state index in [9.17, 15) is 4.79 Å². The Kier molecular flexibility index (Phi) is 5.72. The second-order valence-corrected chi connectivity index (χ2v) is 7.38. The number of benzene rings is 2. The average Bonchev–Trinajstić information content (AvgIpc) is 3.04. The van der Waals surface area contributed by atoms with Crippen molar-refractivity contribution in [2.75, 3.05) is 7.11 Å². The minimum Gasteiger partial charge on any atom is -0.497 e. The van der Waals surface area contributed by atoms with Crippen LogP contribution in [0.5, 0.6) is 5.75 Å². The van der Waals surface area contributed by atoms with Gasteiger partial charge in [-0.05, 0) is 59.3 Å². The lowest BCUT2D eigenvalue weighted by atomic mass is 10.2. The van der Waals surface area contributed by atoms with Crippen LogP contribution in [0.1, 0.15) is 11.1 Å². The number of ether oxygens (including phenoxy) is 1. The van der Waals surface area contributed by atoms with Crippen molar-refractivity contribution in [3.05, 3.63) is 95.2 Å². The quantitative estimate of drug-likeness (QED) is 0.571. The summed E-state index contributed by atoms with van der Waals surface area (Å²) in [4.78, 5) is 24.3. The molecule has 5 nitrogen and oxygen atoms in total. The molecule has 1 amide bonds. The first-order chi connectivity index (χ1) is 14.2. The Morgan fingerprint density at radius 1 is 1.07 bits per heavy atom. The number of carbonyl (C=O) groups excluding carboxylic acids is 1. The number of amides is 1. The lowest BCUT2D eigenvalue weighted by molar-refractivity contribution is -0.122. The molecule has 29 heavy (non-hydrogen) atoms. The van der Waals surface area contributed by atoms with E-state index in [1.165, 1.54) is 11.8 Å². The van der Waals surface area contributed by atoms with E-state index in [1.54, 1.807) is 24.4 Å². The fourth-order valence-corrected chi connectivity index (χ4v) is 3.87. The maximum absolute atomic E-state index is 13.1. The van der Waals surface area contributed by atoms with Gasteiger partial charge in [0.15, 0.2) is 5.17 Å². The van der Waals surface area contributed by atoms with E-state index in [0.29, 0.717) is 16.6 Å². The topological polar surface area (TPSA) is 54.8 Å². The minimum atomic E-state index is -0.0654. The van der Waals surface area contributed by atoms with Gasteiger partial charge in [0, 0.05) is 12.4 Å². The summed E-state index contributed by atoms with van der Waals surface area (Å²) in [6.45, 7) is 0.422. The van der Waals surface area contributed by atoms with E-state index in [4.69, 9.17) is 9.73 Å². The van der Waals surface area contributed by atoms with Gasteiger partial charge in [0.2, 0.25) is 0 Å². The van der Waals surface area contributed by atoms with E-state index >= 15 is 0 Å². The van der Waals surface area contributed by atoms with Crippen molar-refractivity contribution in [2.24, 2.45) is 4.99 Å². The zero-order chi connectivity index (χ0) is 20.1. The van der Waals surface area contributed by atoms with Crippen LogP contribution in [-0.4, -0.2) is 28.1 Å². The van der Waals surface area contributed by atoms with Gasteiger partial charge in [0.25, 0.3) is 5.91 Å². The maximum Gasteiger partial charge on any atom is 0.267 e. The molecule has 1 fully saturated rings. The largest absolute Gasteiger partial charge is 0.497 e. The monoisotopic (exact) mass is 401 g/mol. The summed E-state index contributed by atoms with van der Waals surface area (Å²) in [5.74, 6) is 0.714. The highest BCUT2D eigenvalue weighted by Crippen LogP contribution is 2.35. The highest BCUT2D eigenvalue weighted by atomic mass is 32.2. The molecule has 0 radical (unpaired) electrons. The summed E-state index contributed by atoms with van der Waals surface area (Å²) in [5, 5.41) is 0.657. The number of thioether (sulfide) groups is 1. The number of aromatic nitrogens is 1. The Bertz CT molecular complexity index is 1050. The summed E-state index contributed by atoms with van der Waals surface area (Å²) >= 11 is 1.38. The maximum atomic E-state index is 13.1. The number of carbonyl (C=O) groups is 1. The summed E-state index contributed by atoms with van der Waals surface area (Å²) in [7, 11) is 1.63. The molecule has 0 atom stereocenters. The summed E-state index contributed by atoms with van der Waals surface area (Å²) in [6.07, 6.45) is 5.37. The highest BCUT2D eigenvalue weighted by molar-refractivity contribution is 8.18. The van der Waals surface area contributed by atoms with E-state index < -0.39 is 0 Å². The van der Waals surface area contributed by atoms with Crippen molar-refractivity contribution < 1.29 is 9.53 Å². The van der Waals surface area contributed by atoms with Crippen LogP contribution < -0.4 is 4.74 Å². The van der Waals surface area contributed by atoms with Crippen LogP contribution >= 0.6 is 11.8 Å². The van der Waals surface area contributed by atoms with Gasteiger partial charge >= 0.3 is 0 Å². The molecule has 3 aromatic rings. The number of aliphatic imine (C=N–C) groups is 1. The van der Waals surface area contributed by atoms with Gasteiger partial charge in [-0.1, -0.05) is 36.4 Å². The predicted octanol–water partition coefficient (Wildman–Crippen LogP) is 4.89. The van der Waals surface area contributed by atoms with Gasteiger partial charge < -0.3 is 4.74 Å². The third-order valence-corrected chi connectivity index (χ3v) is 5.35. The van der Waals surface area contributed by atoms with E-state index in [-0.39, 0.29) is 5.91 Å². The van der Waals surface area contributed by atoms with Crippen molar-refractivity contribution in [1.29, 1.82) is 0 Å². The third kappa shape index (κ3) is 4.55. The Morgan fingerprint density at radius 3 is 2.55 bits per heavy atom. The Balaban J connectivity index is 1.67. The second kappa shape index (κ2) is 8.75. The van der Waals surface area contributed by atoms with Gasteiger partial charge in [-0.2, -0.15) is 0 Å². The van der Waals surface area contributed by atoms with E-state index in [2.05, 4.69) is 4.98 Å². The SMILES string of the molecule is COc1ccc(C=C2SC(=Nc3ccccc3)N(Cc3cccnc3)C2=O)cc1. The van der Waals surface area contributed by atoms with Crippen LogP contribution in [0, 0.1) is 0 Å². The van der Waals surface area contributed by atoms with E-state index in [1.807, 2.05) is 72.8 Å². The van der Waals surface area contributed by atoms with Crippen LogP contribution in [0.15, 0.2) is 89.0 Å². The third-order valence-electron chi connectivity index (χ3n) is 4.35. The van der Waals surface area contributed by atoms with Gasteiger partial charge in [-0.25, -0.2) is 4.99 Å². The number of methoxy groups -OCH3 is 1. The van der Waals surface area contributed by atoms with Crippen LogP contribution in [0.25, 0.3) is 6.08 Å². The number of nitrogens with zero attached hydrogens (tertiary/aromatic N) is 3. The molecule has 1 saturated heterocycles. The fraction of sp³-hybridized carbons (Fsp3) is 0.0870.